The molecular formula is C15H24N2O2. The molecule has 1 aromatic rings. The molecule has 1 heterocycles. The minimum absolute atomic E-state index is 0.101. The van der Waals surface area contributed by atoms with E-state index in [0.717, 1.165) is 17.2 Å². The van der Waals surface area contributed by atoms with Gasteiger partial charge in [-0.05, 0) is 19.8 Å². The summed E-state index contributed by atoms with van der Waals surface area (Å²) < 4.78 is 0. The van der Waals surface area contributed by atoms with Gasteiger partial charge in [0.05, 0.1) is 12.1 Å². The Kier molecular flexibility index (Phi) is 3.97. The van der Waals surface area contributed by atoms with Gasteiger partial charge in [-0.1, -0.05) is 33.1 Å². The van der Waals surface area contributed by atoms with Crippen molar-refractivity contribution < 1.29 is 9.90 Å². The molecule has 0 aliphatic heterocycles. The van der Waals surface area contributed by atoms with Crippen LogP contribution in [0.2, 0.25) is 0 Å². The molecule has 0 radical (unpaired) electrons. The lowest BCUT2D eigenvalue weighted by atomic mass is 9.86. The van der Waals surface area contributed by atoms with Crippen LogP contribution in [0, 0.1) is 6.92 Å². The summed E-state index contributed by atoms with van der Waals surface area (Å²) in [5, 5.41) is 8.99. The van der Waals surface area contributed by atoms with Gasteiger partial charge in [-0.25, -0.2) is 4.98 Å². The van der Waals surface area contributed by atoms with Gasteiger partial charge in [0.1, 0.15) is 5.82 Å². The van der Waals surface area contributed by atoms with Gasteiger partial charge in [-0.15, -0.1) is 0 Å². The molecule has 1 aliphatic carbocycles. The summed E-state index contributed by atoms with van der Waals surface area (Å²) in [7, 11) is 0. The number of carboxylic acid groups (broad SMARTS) is 1. The Morgan fingerprint density at radius 2 is 2.00 bits per heavy atom. The molecule has 4 nitrogen and oxygen atoms in total. The summed E-state index contributed by atoms with van der Waals surface area (Å²) in [4.78, 5) is 19.0. The van der Waals surface area contributed by atoms with E-state index in [-0.39, 0.29) is 6.42 Å². The number of nitrogens with zero attached hydrogens (tertiary/aromatic N) is 1. The number of aromatic amines is 1. The number of rotatable bonds is 4. The second-order valence-corrected chi connectivity index (χ2v) is 6.38. The molecule has 1 saturated carbocycles. The zero-order chi connectivity index (χ0) is 14.0. The molecule has 0 unspecified atom stereocenters. The van der Waals surface area contributed by atoms with E-state index in [1.165, 1.54) is 32.1 Å². The molecule has 19 heavy (non-hydrogen) atoms. The molecule has 0 aromatic carbocycles. The Labute approximate surface area is 114 Å². The number of imidazole rings is 1. The molecule has 4 heteroatoms. The highest BCUT2D eigenvalue weighted by Gasteiger charge is 2.30. The molecule has 2 rings (SSSR count). The van der Waals surface area contributed by atoms with E-state index in [0.29, 0.717) is 5.92 Å². The van der Waals surface area contributed by atoms with Crippen LogP contribution < -0.4 is 0 Å². The van der Waals surface area contributed by atoms with Crippen molar-refractivity contribution in [3.05, 3.63) is 17.2 Å². The number of carbonyl (C=O) groups is 1. The standard InChI is InChI=1S/C15H24N2O2/c1-10-13(11-7-5-4-6-8-11)17-14(16-10)15(2,3)9-12(18)19/h11H,4-9H2,1-3H3,(H,16,17)(H,18,19). The molecule has 1 aromatic heterocycles. The Bertz CT molecular complexity index is 457. The fourth-order valence-corrected chi connectivity index (χ4v) is 3.03. The second-order valence-electron chi connectivity index (χ2n) is 6.38. The quantitative estimate of drug-likeness (QED) is 0.874. The number of H-pyrrole nitrogens is 1. The van der Waals surface area contributed by atoms with Gasteiger partial charge in [0.25, 0.3) is 0 Å². The maximum absolute atomic E-state index is 10.9. The molecule has 2 N–H and O–H groups in total. The molecule has 1 fully saturated rings. The Hall–Kier alpha value is -1.32. The first kappa shape index (κ1) is 14.1. The van der Waals surface area contributed by atoms with Crippen molar-refractivity contribution in [2.75, 3.05) is 0 Å². The lowest BCUT2D eigenvalue weighted by Crippen LogP contribution is -2.23. The summed E-state index contributed by atoms with van der Waals surface area (Å²) in [5.41, 5.74) is 1.83. The van der Waals surface area contributed by atoms with Crippen LogP contribution in [0.3, 0.4) is 0 Å². The van der Waals surface area contributed by atoms with E-state index < -0.39 is 11.4 Å². The summed E-state index contributed by atoms with van der Waals surface area (Å²) in [6.07, 6.45) is 6.42. The average molecular weight is 264 g/mol. The summed E-state index contributed by atoms with van der Waals surface area (Å²) >= 11 is 0. The molecular weight excluding hydrogens is 240 g/mol. The van der Waals surface area contributed by atoms with Crippen LogP contribution in [0.15, 0.2) is 0 Å². The molecule has 0 spiro atoms. The summed E-state index contributed by atoms with van der Waals surface area (Å²) in [6.45, 7) is 5.92. The van der Waals surface area contributed by atoms with Crippen molar-refractivity contribution in [2.24, 2.45) is 0 Å². The maximum Gasteiger partial charge on any atom is 0.304 e. The van der Waals surface area contributed by atoms with Crippen LogP contribution >= 0.6 is 0 Å². The third-order valence-electron chi connectivity index (χ3n) is 4.15. The van der Waals surface area contributed by atoms with E-state index in [1.54, 1.807) is 0 Å². The van der Waals surface area contributed by atoms with Gasteiger partial charge in [-0.2, -0.15) is 0 Å². The molecule has 1 aliphatic rings. The average Bonchev–Trinajstić information content (AvgIpc) is 2.72. The van der Waals surface area contributed by atoms with Crippen molar-refractivity contribution in [3.63, 3.8) is 0 Å². The smallest absolute Gasteiger partial charge is 0.304 e. The molecule has 106 valence electrons. The first-order valence-corrected chi connectivity index (χ1v) is 7.19. The topological polar surface area (TPSA) is 66.0 Å². The molecule has 0 atom stereocenters. The Morgan fingerprint density at radius 3 is 2.58 bits per heavy atom. The predicted octanol–water partition coefficient (Wildman–Crippen LogP) is 3.52. The van der Waals surface area contributed by atoms with Crippen LogP contribution in [0.25, 0.3) is 0 Å². The van der Waals surface area contributed by atoms with Crippen molar-refractivity contribution in [1.82, 2.24) is 9.97 Å². The Balaban J connectivity index is 2.22. The zero-order valence-electron chi connectivity index (χ0n) is 12.1. The lowest BCUT2D eigenvalue weighted by molar-refractivity contribution is -0.138. The number of aliphatic carboxylic acids is 1. The van der Waals surface area contributed by atoms with Crippen molar-refractivity contribution in [1.29, 1.82) is 0 Å². The largest absolute Gasteiger partial charge is 0.481 e. The fourth-order valence-electron chi connectivity index (χ4n) is 3.03. The number of carboxylic acids is 1. The molecule has 0 saturated heterocycles. The zero-order valence-corrected chi connectivity index (χ0v) is 12.1. The highest BCUT2D eigenvalue weighted by molar-refractivity contribution is 5.68. The van der Waals surface area contributed by atoms with E-state index in [4.69, 9.17) is 10.1 Å². The minimum Gasteiger partial charge on any atom is -0.481 e. The fraction of sp³-hybridized carbons (Fsp3) is 0.733. The SMILES string of the molecule is Cc1[nH]c(C(C)(C)CC(=O)O)nc1C1CCCCC1. The molecule has 0 amide bonds. The maximum atomic E-state index is 10.9. The molecule has 0 bridgehead atoms. The number of nitrogens with one attached hydrogen (secondary N) is 1. The van der Waals surface area contributed by atoms with Gasteiger partial charge in [0.15, 0.2) is 0 Å². The van der Waals surface area contributed by atoms with Crippen LogP contribution in [-0.4, -0.2) is 21.0 Å². The highest BCUT2D eigenvalue weighted by atomic mass is 16.4. The monoisotopic (exact) mass is 264 g/mol. The second kappa shape index (κ2) is 5.35. The van der Waals surface area contributed by atoms with Crippen LogP contribution in [0.4, 0.5) is 0 Å². The van der Waals surface area contributed by atoms with Gasteiger partial charge < -0.3 is 10.1 Å². The van der Waals surface area contributed by atoms with Crippen molar-refractivity contribution >= 4 is 5.97 Å². The predicted molar refractivity (Wildman–Crippen MR) is 74.4 cm³/mol. The van der Waals surface area contributed by atoms with E-state index >= 15 is 0 Å². The number of aromatic nitrogens is 2. The normalized spacial score (nSPS) is 17.6. The van der Waals surface area contributed by atoms with Crippen LogP contribution in [0.5, 0.6) is 0 Å². The third-order valence-corrected chi connectivity index (χ3v) is 4.15. The van der Waals surface area contributed by atoms with E-state index in [1.807, 2.05) is 13.8 Å². The summed E-state index contributed by atoms with van der Waals surface area (Å²) in [6, 6.07) is 0. The van der Waals surface area contributed by atoms with Crippen LogP contribution in [0.1, 0.15) is 75.5 Å². The van der Waals surface area contributed by atoms with Crippen molar-refractivity contribution in [3.8, 4) is 0 Å². The number of hydrogen-bond acceptors (Lipinski definition) is 2. The minimum atomic E-state index is -0.779. The lowest BCUT2D eigenvalue weighted by Gasteiger charge is -2.21. The van der Waals surface area contributed by atoms with Gasteiger partial charge in [0.2, 0.25) is 0 Å². The van der Waals surface area contributed by atoms with Gasteiger partial charge >= 0.3 is 5.97 Å². The van der Waals surface area contributed by atoms with Crippen LogP contribution in [-0.2, 0) is 10.2 Å². The summed E-state index contributed by atoms with van der Waals surface area (Å²) in [5.74, 6) is 0.589. The Morgan fingerprint density at radius 1 is 1.37 bits per heavy atom. The van der Waals surface area contributed by atoms with Gasteiger partial charge in [-0.3, -0.25) is 4.79 Å². The third kappa shape index (κ3) is 3.17. The first-order valence-electron chi connectivity index (χ1n) is 7.19. The van der Waals surface area contributed by atoms with E-state index in [9.17, 15) is 4.79 Å². The highest BCUT2D eigenvalue weighted by Crippen LogP contribution is 2.35. The van der Waals surface area contributed by atoms with Gasteiger partial charge in [0, 0.05) is 17.0 Å². The number of aryl methyl sites for hydroxylation is 1. The first-order chi connectivity index (χ1) is 8.90. The van der Waals surface area contributed by atoms with E-state index in [2.05, 4.69) is 11.9 Å². The van der Waals surface area contributed by atoms with Crippen molar-refractivity contribution in [2.45, 2.75) is 70.6 Å². The number of hydrogen-bond donors (Lipinski definition) is 2.